The van der Waals surface area contributed by atoms with Crippen molar-refractivity contribution < 1.29 is 39.9 Å². The maximum Gasteiger partial charge on any atom is 0.268 e. The molecule has 0 radical (unpaired) electrons. The third-order valence-corrected chi connectivity index (χ3v) is 2.13. The quantitative estimate of drug-likeness (QED) is 0.416. The molecule has 2 atom stereocenters. The number of aliphatic carboxylic acids is 1. The number of rotatable bonds is 7. The lowest BCUT2D eigenvalue weighted by molar-refractivity contribution is -0.441. The van der Waals surface area contributed by atoms with E-state index in [1.165, 1.54) is 0 Å². The highest BCUT2D eigenvalue weighted by molar-refractivity contribution is 7.45. The second-order valence-electron chi connectivity index (χ2n) is 2.45. The van der Waals surface area contributed by atoms with Crippen LogP contribution in [0.5, 0.6) is 0 Å². The molecule has 0 aromatic carbocycles. The van der Waals surface area contributed by atoms with Crippen LogP contribution in [0.4, 0.5) is 0 Å². The third kappa shape index (κ3) is 6.03. The minimum absolute atomic E-state index is 0.103. The Hall–Kier alpha value is -0.500. The predicted molar refractivity (Wildman–Crippen MR) is 38.9 cm³/mol. The Labute approximate surface area is 80.4 Å². The Morgan fingerprint density at radius 2 is 2.07 bits per heavy atom. The molecule has 0 aliphatic rings. The fourth-order valence-electron chi connectivity index (χ4n) is 0.463. The van der Waals surface area contributed by atoms with Gasteiger partial charge < -0.3 is 35.3 Å². The summed E-state index contributed by atoms with van der Waals surface area (Å²) in [5, 5.41) is 10.1. The van der Waals surface area contributed by atoms with E-state index in [-0.39, 0.29) is 13.2 Å². The maximum absolute atomic E-state index is 10.8. The summed E-state index contributed by atoms with van der Waals surface area (Å²) in [6, 6.07) is -1.25. The molecule has 0 aromatic heterocycles. The number of quaternary nitrogens is 2. The zero-order valence-electron chi connectivity index (χ0n) is 7.51. The van der Waals surface area contributed by atoms with Gasteiger partial charge in [-0.2, -0.15) is 0 Å². The van der Waals surface area contributed by atoms with Crippen LogP contribution < -0.4 is 21.5 Å². The van der Waals surface area contributed by atoms with Gasteiger partial charge in [-0.25, -0.2) is 0 Å². The largest absolute Gasteiger partial charge is 0.756 e. The van der Waals surface area contributed by atoms with E-state index in [2.05, 4.69) is 20.5 Å². The Morgan fingerprint density at radius 3 is 2.50 bits per heavy atom. The molecular weight excluding hydrogens is 215 g/mol. The van der Waals surface area contributed by atoms with Gasteiger partial charge in [0.2, 0.25) is 0 Å². The van der Waals surface area contributed by atoms with E-state index in [4.69, 9.17) is 0 Å². The van der Waals surface area contributed by atoms with Gasteiger partial charge >= 0.3 is 0 Å². The average molecular weight is 228 g/mol. The normalized spacial score (nSPS) is 17.4. The van der Waals surface area contributed by atoms with Crippen molar-refractivity contribution in [1.29, 1.82) is 0 Å². The molecular formula is C5H13N2O6P. The van der Waals surface area contributed by atoms with Gasteiger partial charge in [-0.05, 0) is 0 Å². The molecule has 0 spiro atoms. The molecule has 0 aliphatic heterocycles. The first-order valence-electron chi connectivity index (χ1n) is 3.82. The van der Waals surface area contributed by atoms with Gasteiger partial charge in [0.1, 0.15) is 25.2 Å². The molecule has 8 nitrogen and oxygen atoms in total. The zero-order valence-corrected chi connectivity index (χ0v) is 8.40. The predicted octanol–water partition coefficient (Wildman–Crippen LogP) is -4.91. The lowest BCUT2D eigenvalue weighted by atomic mass is 10.3. The third-order valence-electron chi connectivity index (χ3n) is 1.16. The highest BCUT2D eigenvalue weighted by atomic mass is 31.2. The molecule has 0 saturated carbocycles. The van der Waals surface area contributed by atoms with Crippen molar-refractivity contribution in [2.45, 2.75) is 6.04 Å². The molecule has 0 aliphatic carbocycles. The zero-order chi connectivity index (χ0) is 11.2. The molecule has 0 amide bonds. The highest BCUT2D eigenvalue weighted by Gasteiger charge is 2.14. The van der Waals surface area contributed by atoms with Gasteiger partial charge in [0.05, 0.1) is 6.54 Å². The van der Waals surface area contributed by atoms with Crippen molar-refractivity contribution in [2.24, 2.45) is 0 Å². The number of carboxylic acids is 1. The maximum atomic E-state index is 10.8. The van der Waals surface area contributed by atoms with Crippen LogP contribution in [0, 0.1) is 0 Å². The summed E-state index contributed by atoms with van der Waals surface area (Å²) in [4.78, 5) is 21.0. The SMILES string of the molecule is [NH3+]CCOP(=O)([O-])OCC([NH3+])C(=O)[O-]. The monoisotopic (exact) mass is 228 g/mol. The summed E-state index contributed by atoms with van der Waals surface area (Å²) < 4.78 is 19.3. The smallest absolute Gasteiger partial charge is 0.268 e. The highest BCUT2D eigenvalue weighted by Crippen LogP contribution is 2.37. The summed E-state index contributed by atoms with van der Waals surface area (Å²) in [7, 11) is -4.42. The van der Waals surface area contributed by atoms with E-state index in [1.54, 1.807) is 0 Å². The Morgan fingerprint density at radius 1 is 1.50 bits per heavy atom. The molecule has 0 heterocycles. The molecule has 0 saturated heterocycles. The van der Waals surface area contributed by atoms with Crippen molar-refractivity contribution in [3.63, 3.8) is 0 Å². The lowest BCUT2D eigenvalue weighted by Gasteiger charge is -2.22. The summed E-state index contributed by atoms with van der Waals surface area (Å²) in [5.74, 6) is -1.48. The minimum Gasteiger partial charge on any atom is -0.756 e. The summed E-state index contributed by atoms with van der Waals surface area (Å²) in [6.07, 6.45) is 0. The van der Waals surface area contributed by atoms with Crippen molar-refractivity contribution >= 4 is 13.8 Å². The van der Waals surface area contributed by atoms with Crippen LogP contribution in [0.2, 0.25) is 0 Å². The molecule has 84 valence electrons. The number of carbonyl (C=O) groups is 1. The molecule has 0 fully saturated rings. The van der Waals surface area contributed by atoms with E-state index in [9.17, 15) is 19.4 Å². The number of carboxylic acid groups (broad SMARTS) is 1. The number of phosphoric acid groups is 1. The Balaban J connectivity index is 3.86. The van der Waals surface area contributed by atoms with E-state index >= 15 is 0 Å². The number of hydrogen-bond donors (Lipinski definition) is 2. The van der Waals surface area contributed by atoms with Crippen LogP contribution in [0.1, 0.15) is 0 Å². The molecule has 14 heavy (non-hydrogen) atoms. The van der Waals surface area contributed by atoms with Crippen LogP contribution in [-0.2, 0) is 18.4 Å². The number of hydrogen-bond acceptors (Lipinski definition) is 6. The van der Waals surface area contributed by atoms with Crippen molar-refractivity contribution in [3.05, 3.63) is 0 Å². The first kappa shape index (κ1) is 13.5. The van der Waals surface area contributed by atoms with Crippen LogP contribution in [0.15, 0.2) is 0 Å². The fraction of sp³-hybridized carbons (Fsp3) is 0.800. The minimum atomic E-state index is -4.42. The Kier molecular flexibility index (Phi) is 5.86. The summed E-state index contributed by atoms with van der Waals surface area (Å²) in [6.45, 7) is -0.432. The molecule has 6 N–H and O–H groups in total. The Bertz CT molecular complexity index is 234. The van der Waals surface area contributed by atoms with Crippen molar-refractivity contribution in [3.8, 4) is 0 Å². The first-order valence-corrected chi connectivity index (χ1v) is 5.28. The summed E-state index contributed by atoms with van der Waals surface area (Å²) in [5.41, 5.74) is 6.46. The second-order valence-corrected chi connectivity index (χ2v) is 3.86. The summed E-state index contributed by atoms with van der Waals surface area (Å²) >= 11 is 0. The van der Waals surface area contributed by atoms with Gasteiger partial charge in [-0.15, -0.1) is 0 Å². The van der Waals surface area contributed by atoms with Crippen molar-refractivity contribution in [1.82, 2.24) is 0 Å². The van der Waals surface area contributed by atoms with Crippen LogP contribution in [-0.4, -0.2) is 31.8 Å². The standard InChI is InChI=1S/C5H13N2O6P/c6-1-2-12-14(10,11)13-3-4(7)5(8)9/h4H,1-3,6-7H2,(H,8,9)(H,10,11). The molecule has 9 heteroatoms. The number of phosphoric ester groups is 1. The van der Waals surface area contributed by atoms with E-state index in [1.807, 2.05) is 0 Å². The number of carbonyl (C=O) groups excluding carboxylic acids is 1. The molecule has 2 unspecified atom stereocenters. The lowest BCUT2D eigenvalue weighted by Crippen LogP contribution is -2.70. The van der Waals surface area contributed by atoms with E-state index in [0.717, 1.165) is 0 Å². The fourth-order valence-corrected chi connectivity index (χ4v) is 1.25. The molecule has 0 aromatic rings. The second kappa shape index (κ2) is 6.07. The average Bonchev–Trinajstić information content (AvgIpc) is 2.11. The van der Waals surface area contributed by atoms with Gasteiger partial charge in [-0.3, -0.25) is 4.57 Å². The van der Waals surface area contributed by atoms with Crippen molar-refractivity contribution in [2.75, 3.05) is 19.8 Å². The van der Waals surface area contributed by atoms with Gasteiger partial charge in [0.15, 0.2) is 0 Å². The van der Waals surface area contributed by atoms with Crippen LogP contribution in [0.3, 0.4) is 0 Å². The van der Waals surface area contributed by atoms with Gasteiger partial charge in [-0.1, -0.05) is 0 Å². The topological polar surface area (TPSA) is 154 Å². The molecule has 0 bridgehead atoms. The van der Waals surface area contributed by atoms with E-state index < -0.39 is 26.4 Å². The van der Waals surface area contributed by atoms with E-state index in [0.29, 0.717) is 0 Å². The first-order chi connectivity index (χ1) is 6.39. The van der Waals surface area contributed by atoms with Gasteiger partial charge in [0, 0.05) is 0 Å². The molecule has 0 rings (SSSR count). The van der Waals surface area contributed by atoms with Crippen LogP contribution >= 0.6 is 7.82 Å². The van der Waals surface area contributed by atoms with Crippen LogP contribution in [0.25, 0.3) is 0 Å². The van der Waals surface area contributed by atoms with Gasteiger partial charge in [0.25, 0.3) is 7.82 Å².